The summed E-state index contributed by atoms with van der Waals surface area (Å²) in [5.74, 6) is 0.694. The minimum Gasteiger partial charge on any atom is -0.467 e. The van der Waals surface area contributed by atoms with Crippen molar-refractivity contribution in [2.45, 2.75) is 6.10 Å². The molecule has 1 atom stereocenters. The van der Waals surface area contributed by atoms with Crippen LogP contribution in [0.1, 0.15) is 11.1 Å². The van der Waals surface area contributed by atoms with E-state index in [1.54, 1.807) is 0 Å². The van der Waals surface area contributed by atoms with Crippen LogP contribution in [-0.2, 0) is 4.74 Å². The summed E-state index contributed by atoms with van der Waals surface area (Å²) in [6.45, 7) is 4.77. The number of ether oxygens (including phenoxy) is 1. The molecule has 3 heteroatoms. The SMILES string of the molecule is C=C(c1ccccc1)[C@H]1CN=C(c2ccc(Br)cc2)O1. The Hall–Kier alpha value is -1.87. The number of rotatable bonds is 3. The fourth-order valence-corrected chi connectivity index (χ4v) is 2.41. The number of hydrogen-bond acceptors (Lipinski definition) is 2. The van der Waals surface area contributed by atoms with Gasteiger partial charge in [-0.25, -0.2) is 4.99 Å². The molecule has 20 heavy (non-hydrogen) atoms. The molecule has 0 aromatic heterocycles. The third-order valence-corrected chi connectivity index (χ3v) is 3.81. The smallest absolute Gasteiger partial charge is 0.216 e. The molecule has 0 radical (unpaired) electrons. The van der Waals surface area contributed by atoms with Crippen LogP contribution in [0.3, 0.4) is 0 Å². The van der Waals surface area contributed by atoms with Gasteiger partial charge in [0.05, 0.1) is 6.54 Å². The van der Waals surface area contributed by atoms with Gasteiger partial charge >= 0.3 is 0 Å². The number of nitrogens with zero attached hydrogens (tertiary/aromatic N) is 1. The molecule has 0 amide bonds. The second-order valence-electron chi connectivity index (χ2n) is 4.65. The topological polar surface area (TPSA) is 21.6 Å². The predicted octanol–water partition coefficient (Wildman–Crippen LogP) is 4.31. The number of benzene rings is 2. The average Bonchev–Trinajstić information content (AvgIpc) is 2.98. The highest BCUT2D eigenvalue weighted by atomic mass is 79.9. The van der Waals surface area contributed by atoms with Crippen molar-refractivity contribution >= 4 is 27.4 Å². The van der Waals surface area contributed by atoms with Crippen LogP contribution >= 0.6 is 15.9 Å². The molecule has 2 aromatic rings. The van der Waals surface area contributed by atoms with E-state index < -0.39 is 0 Å². The summed E-state index contributed by atoms with van der Waals surface area (Å²) in [6.07, 6.45) is -0.0731. The van der Waals surface area contributed by atoms with E-state index in [0.717, 1.165) is 21.2 Å². The maximum Gasteiger partial charge on any atom is 0.216 e. The lowest BCUT2D eigenvalue weighted by Crippen LogP contribution is -2.15. The van der Waals surface area contributed by atoms with Gasteiger partial charge in [0.25, 0.3) is 0 Å². The van der Waals surface area contributed by atoms with Gasteiger partial charge in [0, 0.05) is 10.0 Å². The molecule has 2 nitrogen and oxygen atoms in total. The molecule has 3 rings (SSSR count). The number of aliphatic imine (C=N–C) groups is 1. The van der Waals surface area contributed by atoms with Crippen LogP contribution in [0.5, 0.6) is 0 Å². The van der Waals surface area contributed by atoms with Gasteiger partial charge in [0.1, 0.15) is 6.10 Å². The van der Waals surface area contributed by atoms with Gasteiger partial charge in [0.15, 0.2) is 0 Å². The molecule has 1 heterocycles. The Morgan fingerprint density at radius 1 is 1.10 bits per heavy atom. The summed E-state index contributed by atoms with van der Waals surface area (Å²) in [5, 5.41) is 0. The lowest BCUT2D eigenvalue weighted by atomic mass is 10.0. The fraction of sp³-hybridized carbons (Fsp3) is 0.118. The zero-order chi connectivity index (χ0) is 13.9. The van der Waals surface area contributed by atoms with Crippen LogP contribution in [-0.4, -0.2) is 18.5 Å². The Bertz CT molecular complexity index is 646. The van der Waals surface area contributed by atoms with E-state index >= 15 is 0 Å². The van der Waals surface area contributed by atoms with Crippen LogP contribution in [0.15, 0.2) is 70.6 Å². The van der Waals surface area contributed by atoms with E-state index in [4.69, 9.17) is 4.74 Å². The average molecular weight is 328 g/mol. The van der Waals surface area contributed by atoms with Gasteiger partial charge in [-0.2, -0.15) is 0 Å². The molecule has 0 spiro atoms. The number of halogens is 1. The molecule has 1 aliphatic heterocycles. The second-order valence-corrected chi connectivity index (χ2v) is 5.57. The van der Waals surface area contributed by atoms with Crippen molar-refractivity contribution in [3.63, 3.8) is 0 Å². The molecule has 0 unspecified atom stereocenters. The Morgan fingerprint density at radius 3 is 2.50 bits per heavy atom. The van der Waals surface area contributed by atoms with Crippen molar-refractivity contribution < 1.29 is 4.74 Å². The molecular formula is C17H14BrNO. The van der Waals surface area contributed by atoms with Crippen molar-refractivity contribution in [2.75, 3.05) is 6.54 Å². The molecular weight excluding hydrogens is 314 g/mol. The molecule has 100 valence electrons. The predicted molar refractivity (Wildman–Crippen MR) is 85.9 cm³/mol. The summed E-state index contributed by atoms with van der Waals surface area (Å²) in [6, 6.07) is 18.1. The summed E-state index contributed by atoms with van der Waals surface area (Å²) < 4.78 is 6.99. The molecule has 0 bridgehead atoms. The van der Waals surface area contributed by atoms with Gasteiger partial charge in [-0.15, -0.1) is 0 Å². The maximum atomic E-state index is 5.94. The van der Waals surface area contributed by atoms with Gasteiger partial charge in [-0.05, 0) is 35.4 Å². The normalized spacial score (nSPS) is 17.4. The summed E-state index contributed by atoms with van der Waals surface area (Å²) in [4.78, 5) is 4.48. The Kier molecular flexibility index (Phi) is 3.70. The first-order valence-electron chi connectivity index (χ1n) is 6.45. The van der Waals surface area contributed by atoms with Gasteiger partial charge in [0.2, 0.25) is 5.90 Å². The van der Waals surface area contributed by atoms with Crippen LogP contribution in [0.25, 0.3) is 5.57 Å². The first-order valence-corrected chi connectivity index (χ1v) is 7.24. The first kappa shape index (κ1) is 13.1. The third-order valence-electron chi connectivity index (χ3n) is 3.28. The van der Waals surface area contributed by atoms with Crippen LogP contribution in [0.4, 0.5) is 0 Å². The summed E-state index contributed by atoms with van der Waals surface area (Å²) in [7, 11) is 0. The Labute approximate surface area is 126 Å². The Balaban J connectivity index is 1.73. The minimum absolute atomic E-state index is 0.0731. The van der Waals surface area contributed by atoms with E-state index in [-0.39, 0.29) is 6.10 Å². The van der Waals surface area contributed by atoms with Crippen molar-refractivity contribution in [3.8, 4) is 0 Å². The van der Waals surface area contributed by atoms with E-state index in [1.807, 2.05) is 54.6 Å². The van der Waals surface area contributed by atoms with Crippen molar-refractivity contribution in [1.82, 2.24) is 0 Å². The van der Waals surface area contributed by atoms with Gasteiger partial charge < -0.3 is 4.74 Å². The minimum atomic E-state index is -0.0731. The molecule has 0 saturated heterocycles. The third kappa shape index (κ3) is 2.68. The highest BCUT2D eigenvalue weighted by Crippen LogP contribution is 2.24. The first-order chi connectivity index (χ1) is 9.74. The van der Waals surface area contributed by atoms with E-state index in [1.165, 1.54) is 0 Å². The molecule has 0 saturated carbocycles. The van der Waals surface area contributed by atoms with E-state index in [2.05, 4.69) is 27.5 Å². The van der Waals surface area contributed by atoms with E-state index in [9.17, 15) is 0 Å². The summed E-state index contributed by atoms with van der Waals surface area (Å²) in [5.41, 5.74) is 3.07. The maximum absolute atomic E-state index is 5.94. The molecule has 0 fully saturated rings. The zero-order valence-corrected chi connectivity index (χ0v) is 12.5. The molecule has 1 aliphatic rings. The van der Waals surface area contributed by atoms with Crippen LogP contribution < -0.4 is 0 Å². The van der Waals surface area contributed by atoms with Crippen molar-refractivity contribution in [2.24, 2.45) is 4.99 Å². The molecule has 0 aliphatic carbocycles. The standard InChI is InChI=1S/C17H14BrNO/c1-12(13-5-3-2-4-6-13)16-11-19-17(20-16)14-7-9-15(18)10-8-14/h2-10,16H,1,11H2/t16-/m1/s1. The Morgan fingerprint density at radius 2 is 1.80 bits per heavy atom. The van der Waals surface area contributed by atoms with Crippen LogP contribution in [0, 0.1) is 0 Å². The highest BCUT2D eigenvalue weighted by molar-refractivity contribution is 9.10. The lowest BCUT2D eigenvalue weighted by molar-refractivity contribution is 0.284. The fourth-order valence-electron chi connectivity index (χ4n) is 2.15. The van der Waals surface area contributed by atoms with Crippen LogP contribution in [0.2, 0.25) is 0 Å². The monoisotopic (exact) mass is 327 g/mol. The lowest BCUT2D eigenvalue weighted by Gasteiger charge is -2.14. The van der Waals surface area contributed by atoms with Gasteiger partial charge in [-0.3, -0.25) is 0 Å². The quantitative estimate of drug-likeness (QED) is 0.823. The molecule has 0 N–H and O–H groups in total. The zero-order valence-electron chi connectivity index (χ0n) is 10.9. The van der Waals surface area contributed by atoms with Gasteiger partial charge in [-0.1, -0.05) is 52.8 Å². The number of hydrogen-bond donors (Lipinski definition) is 0. The molecule has 2 aromatic carbocycles. The second kappa shape index (κ2) is 5.63. The van der Waals surface area contributed by atoms with Crippen molar-refractivity contribution in [1.29, 1.82) is 0 Å². The summed E-state index contributed by atoms with van der Waals surface area (Å²) >= 11 is 3.42. The highest BCUT2D eigenvalue weighted by Gasteiger charge is 2.24. The largest absolute Gasteiger partial charge is 0.467 e. The van der Waals surface area contributed by atoms with Crippen molar-refractivity contribution in [3.05, 3.63) is 76.8 Å². The van der Waals surface area contributed by atoms with E-state index in [0.29, 0.717) is 12.4 Å².